The molecule has 0 radical (unpaired) electrons. The van der Waals surface area contributed by atoms with Crippen molar-refractivity contribution in [2.75, 3.05) is 13.1 Å². The fraction of sp³-hybridized carbons (Fsp3) is 0.333. The molecule has 0 saturated carbocycles. The van der Waals surface area contributed by atoms with Crippen molar-refractivity contribution in [1.82, 2.24) is 10.3 Å². The highest BCUT2D eigenvalue weighted by atomic mass is 19.3. The van der Waals surface area contributed by atoms with Gasteiger partial charge in [-0.3, -0.25) is 4.79 Å². The molecule has 4 rings (SSSR count). The first-order chi connectivity index (χ1) is 14.3. The molecule has 1 aromatic carbocycles. The van der Waals surface area contributed by atoms with Crippen LogP contribution in [-0.4, -0.2) is 35.0 Å². The molecule has 30 heavy (non-hydrogen) atoms. The maximum absolute atomic E-state index is 14.9. The van der Waals surface area contributed by atoms with Gasteiger partial charge in [0.25, 0.3) is 11.8 Å². The molecule has 158 valence electrons. The molecule has 1 amide bonds. The monoisotopic (exact) mass is 417 g/mol. The van der Waals surface area contributed by atoms with Crippen molar-refractivity contribution in [2.45, 2.75) is 31.8 Å². The van der Waals surface area contributed by atoms with Crippen molar-refractivity contribution in [1.29, 1.82) is 0 Å². The molecule has 2 aromatic heterocycles. The number of aromatic nitrogens is 1. The number of hydrogen-bond donors (Lipinski definition) is 3. The fourth-order valence-corrected chi connectivity index (χ4v) is 3.92. The van der Waals surface area contributed by atoms with Crippen LogP contribution in [0.2, 0.25) is 0 Å². The molecule has 1 aliphatic heterocycles. The number of carbonyl (C=O) groups is 1. The highest BCUT2D eigenvalue weighted by Crippen LogP contribution is 2.46. The minimum atomic E-state index is -3.02. The van der Waals surface area contributed by atoms with Crippen LogP contribution in [0.1, 0.15) is 39.6 Å². The number of fused-ring (bicyclic) bond motifs is 1. The molecule has 0 spiro atoms. The molecular weight excluding hydrogens is 396 g/mol. The summed E-state index contributed by atoms with van der Waals surface area (Å²) in [6.45, 7) is 1.66. The molecule has 1 aliphatic rings. The minimum absolute atomic E-state index is 0.00302. The van der Waals surface area contributed by atoms with Crippen molar-refractivity contribution in [3.05, 3.63) is 52.9 Å². The summed E-state index contributed by atoms with van der Waals surface area (Å²) in [5.41, 5.74) is 6.46. The van der Waals surface area contributed by atoms with E-state index in [1.807, 2.05) is 0 Å². The largest absolute Gasteiger partial charge is 0.493 e. The first-order valence-corrected chi connectivity index (χ1v) is 9.49. The lowest BCUT2D eigenvalue weighted by molar-refractivity contribution is -0.0482. The number of benzene rings is 1. The number of nitrogens with zero attached hydrogens (tertiary/aromatic N) is 1. The molecule has 1 saturated heterocycles. The van der Waals surface area contributed by atoms with Gasteiger partial charge in [0.1, 0.15) is 23.7 Å². The van der Waals surface area contributed by atoms with E-state index in [2.05, 4.69) is 10.3 Å². The molecule has 1 atom stereocenters. The Morgan fingerprint density at radius 1 is 1.43 bits per heavy atom. The van der Waals surface area contributed by atoms with Gasteiger partial charge in [0, 0.05) is 36.7 Å². The lowest BCUT2D eigenvalue weighted by Gasteiger charge is -2.33. The lowest BCUT2D eigenvalue weighted by Crippen LogP contribution is -2.43. The molecule has 1 unspecified atom stereocenters. The summed E-state index contributed by atoms with van der Waals surface area (Å²) >= 11 is 0. The van der Waals surface area contributed by atoms with Gasteiger partial charge in [-0.25, -0.2) is 13.8 Å². The second kappa shape index (κ2) is 7.56. The Balaban J connectivity index is 1.88. The Morgan fingerprint density at radius 3 is 2.93 bits per heavy atom. The molecule has 7 nitrogen and oxygen atoms in total. The van der Waals surface area contributed by atoms with Crippen LogP contribution >= 0.6 is 0 Å². The quantitative estimate of drug-likeness (QED) is 0.588. The van der Waals surface area contributed by atoms with Gasteiger partial charge in [-0.2, -0.15) is 0 Å². The predicted molar refractivity (Wildman–Crippen MR) is 105 cm³/mol. The van der Waals surface area contributed by atoms with Gasteiger partial charge in [0.15, 0.2) is 0 Å². The van der Waals surface area contributed by atoms with Gasteiger partial charge in [-0.1, -0.05) is 0 Å². The molecular formula is C21H21F2N3O4. The number of ether oxygens (including phenoxy) is 1. The first-order valence-electron chi connectivity index (χ1n) is 9.49. The summed E-state index contributed by atoms with van der Waals surface area (Å²) in [6.07, 6.45) is 1.08. The number of aryl methyl sites for hydroxylation is 1. The summed E-state index contributed by atoms with van der Waals surface area (Å²) in [5, 5.41) is 13.1. The number of pyridine rings is 1. The van der Waals surface area contributed by atoms with E-state index in [4.69, 9.17) is 14.9 Å². The van der Waals surface area contributed by atoms with Crippen molar-refractivity contribution in [2.24, 2.45) is 5.73 Å². The summed E-state index contributed by atoms with van der Waals surface area (Å²) in [7, 11) is 0. The van der Waals surface area contributed by atoms with E-state index >= 15 is 0 Å². The maximum Gasteiger partial charge on any atom is 0.257 e. The zero-order chi connectivity index (χ0) is 21.5. The van der Waals surface area contributed by atoms with Crippen molar-refractivity contribution in [3.8, 4) is 11.6 Å². The van der Waals surface area contributed by atoms with Gasteiger partial charge >= 0.3 is 0 Å². The molecule has 0 bridgehead atoms. The fourth-order valence-electron chi connectivity index (χ4n) is 3.92. The van der Waals surface area contributed by atoms with Crippen LogP contribution in [0.25, 0.3) is 11.0 Å². The molecule has 9 heteroatoms. The van der Waals surface area contributed by atoms with Crippen LogP contribution < -0.4 is 15.8 Å². The van der Waals surface area contributed by atoms with Gasteiger partial charge < -0.3 is 25.3 Å². The summed E-state index contributed by atoms with van der Waals surface area (Å²) < 4.78 is 41.3. The normalized spacial score (nSPS) is 18.4. The molecule has 0 aliphatic carbocycles. The molecule has 1 fully saturated rings. The Labute approximate surface area is 170 Å². The van der Waals surface area contributed by atoms with E-state index in [1.54, 1.807) is 25.1 Å². The standard InChI is InChI=1S/C21H21F2N3O4/c1-11-16(19(24)27)18-15(30-11)5-4-14(29-10-12-3-2-7-26-20(12)28)17(18)13-9-25-8-6-21(13,22)23/h2-5,7,13,25H,6,8-10H2,1H3,(H2,24,27)(H,26,28). The third-order valence-corrected chi connectivity index (χ3v) is 5.37. The van der Waals surface area contributed by atoms with Crippen LogP contribution in [0.4, 0.5) is 8.78 Å². The average Bonchev–Trinajstić information content (AvgIpc) is 3.03. The summed E-state index contributed by atoms with van der Waals surface area (Å²) in [5.74, 6) is -4.81. The Kier molecular flexibility index (Phi) is 5.07. The second-order valence-electron chi connectivity index (χ2n) is 7.29. The molecule has 3 heterocycles. The Hall–Kier alpha value is -3.20. The number of nitrogens with two attached hydrogens (primary N) is 1. The Morgan fingerprint density at radius 2 is 2.23 bits per heavy atom. The van der Waals surface area contributed by atoms with Crippen molar-refractivity contribution >= 4 is 16.9 Å². The van der Waals surface area contributed by atoms with Gasteiger partial charge in [0.2, 0.25) is 5.88 Å². The third kappa shape index (κ3) is 3.45. The number of amides is 1. The van der Waals surface area contributed by atoms with E-state index in [0.717, 1.165) is 0 Å². The smallest absolute Gasteiger partial charge is 0.257 e. The van der Waals surface area contributed by atoms with Gasteiger partial charge in [-0.05, 0) is 31.2 Å². The zero-order valence-electron chi connectivity index (χ0n) is 16.2. The number of aromatic hydroxyl groups is 1. The highest BCUT2D eigenvalue weighted by Gasteiger charge is 2.45. The summed E-state index contributed by atoms with van der Waals surface area (Å²) in [6, 6.07) is 6.34. The van der Waals surface area contributed by atoms with Crippen LogP contribution in [0.3, 0.4) is 0 Å². The molecule has 4 N–H and O–H groups in total. The number of carbonyl (C=O) groups excluding carboxylic acids is 1. The molecule has 3 aromatic rings. The van der Waals surface area contributed by atoms with Crippen molar-refractivity contribution in [3.63, 3.8) is 0 Å². The number of piperidine rings is 1. The Bertz CT molecular complexity index is 1110. The number of furan rings is 1. The van der Waals surface area contributed by atoms with Crippen LogP contribution in [-0.2, 0) is 6.61 Å². The average molecular weight is 417 g/mol. The van der Waals surface area contributed by atoms with Crippen LogP contribution in [0, 0.1) is 6.92 Å². The van der Waals surface area contributed by atoms with Crippen LogP contribution in [0.5, 0.6) is 11.6 Å². The number of halogens is 2. The second-order valence-corrected chi connectivity index (χ2v) is 7.29. The maximum atomic E-state index is 14.9. The first kappa shape index (κ1) is 20.1. The predicted octanol–water partition coefficient (Wildman–Crippen LogP) is 3.23. The number of rotatable bonds is 5. The number of alkyl halides is 2. The van der Waals surface area contributed by atoms with Crippen molar-refractivity contribution < 1.29 is 27.8 Å². The van der Waals surface area contributed by atoms with E-state index < -0.39 is 17.7 Å². The highest BCUT2D eigenvalue weighted by molar-refractivity contribution is 6.08. The van der Waals surface area contributed by atoms with E-state index in [0.29, 0.717) is 5.56 Å². The number of primary amides is 1. The zero-order valence-corrected chi connectivity index (χ0v) is 16.2. The lowest BCUT2D eigenvalue weighted by atomic mass is 9.84. The van der Waals surface area contributed by atoms with E-state index in [9.17, 15) is 18.7 Å². The number of nitrogens with one attached hydrogen (secondary N) is 1. The van der Waals surface area contributed by atoms with E-state index in [-0.39, 0.29) is 65.6 Å². The van der Waals surface area contributed by atoms with E-state index in [1.165, 1.54) is 12.3 Å². The van der Waals surface area contributed by atoms with Gasteiger partial charge in [-0.15, -0.1) is 0 Å². The van der Waals surface area contributed by atoms with Gasteiger partial charge in [0.05, 0.1) is 17.0 Å². The minimum Gasteiger partial charge on any atom is -0.493 e. The summed E-state index contributed by atoms with van der Waals surface area (Å²) in [4.78, 5) is 15.9. The topological polar surface area (TPSA) is 111 Å². The number of hydrogen-bond acceptors (Lipinski definition) is 6. The SMILES string of the molecule is Cc1oc2ccc(OCc3cccnc3O)c(C3CNCCC3(F)F)c2c1C(N)=O. The van der Waals surface area contributed by atoms with Crippen LogP contribution in [0.15, 0.2) is 34.9 Å². The third-order valence-electron chi connectivity index (χ3n) is 5.37.